The molecule has 1 amide bonds. The maximum absolute atomic E-state index is 13.4. The summed E-state index contributed by atoms with van der Waals surface area (Å²) in [5.41, 5.74) is 0. The fourth-order valence-electron chi connectivity index (χ4n) is 14.9. The Labute approximate surface area is 609 Å². The molecule has 14 nitrogen and oxygen atoms in total. The van der Waals surface area contributed by atoms with Crippen molar-refractivity contribution in [2.24, 2.45) is 0 Å². The van der Waals surface area contributed by atoms with E-state index in [1.807, 2.05) is 6.08 Å². The Bertz CT molecular complexity index is 1710. The van der Waals surface area contributed by atoms with Crippen molar-refractivity contribution in [3.8, 4) is 0 Å². The molecule has 0 aromatic heterocycles. The van der Waals surface area contributed by atoms with E-state index < -0.39 is 86.8 Å². The molecule has 588 valence electrons. The molecule has 12 unspecified atom stereocenters. The molecule has 14 heteroatoms. The molecule has 9 N–H and O–H groups in total. The normalized spacial score (nSPS) is 21.9. The number of unbranched alkanes of at least 4 members (excludes halogenated alkanes) is 62. The van der Waals surface area contributed by atoms with Crippen LogP contribution in [0.5, 0.6) is 0 Å². The molecule has 0 radical (unpaired) electrons. The third kappa shape index (κ3) is 52.4. The van der Waals surface area contributed by atoms with E-state index in [-0.39, 0.29) is 18.9 Å². The first-order valence-corrected chi connectivity index (χ1v) is 43.4. The number of ether oxygens (including phenoxy) is 4. The number of allylic oxidation sites excluding steroid dienone is 1. The van der Waals surface area contributed by atoms with Crippen LogP contribution < -0.4 is 5.32 Å². The summed E-state index contributed by atoms with van der Waals surface area (Å²) in [5.74, 6) is -0.228. The summed E-state index contributed by atoms with van der Waals surface area (Å²) in [4.78, 5) is 13.4. The molecule has 2 heterocycles. The molecule has 2 aliphatic rings. The van der Waals surface area contributed by atoms with Gasteiger partial charge in [0.1, 0.15) is 48.8 Å². The quantitative estimate of drug-likeness (QED) is 0.0204. The van der Waals surface area contributed by atoms with Gasteiger partial charge in [-0.25, -0.2) is 0 Å². The molecule has 0 aromatic rings. The van der Waals surface area contributed by atoms with Crippen LogP contribution in [0, 0.1) is 0 Å². The number of carbonyl (C=O) groups excluding carboxylic acids is 1. The van der Waals surface area contributed by atoms with Gasteiger partial charge in [-0.05, 0) is 19.3 Å². The van der Waals surface area contributed by atoms with Crippen LogP contribution in [0.2, 0.25) is 0 Å². The second-order valence-corrected chi connectivity index (χ2v) is 31.0. The van der Waals surface area contributed by atoms with Gasteiger partial charge in [0.05, 0.1) is 32.0 Å². The summed E-state index contributed by atoms with van der Waals surface area (Å²) in [7, 11) is 0. The first kappa shape index (κ1) is 93.8. The van der Waals surface area contributed by atoms with Crippen LogP contribution in [0.15, 0.2) is 12.2 Å². The second-order valence-electron chi connectivity index (χ2n) is 31.0. The maximum Gasteiger partial charge on any atom is 0.220 e. The number of aliphatic hydroxyl groups is 8. The summed E-state index contributed by atoms with van der Waals surface area (Å²) < 4.78 is 23.0. The van der Waals surface area contributed by atoms with Crippen molar-refractivity contribution in [1.29, 1.82) is 0 Å². The zero-order valence-corrected chi connectivity index (χ0v) is 64.8. The fourth-order valence-corrected chi connectivity index (χ4v) is 14.9. The summed E-state index contributed by atoms with van der Waals surface area (Å²) in [6.07, 6.45) is 73.3. The van der Waals surface area contributed by atoms with Crippen molar-refractivity contribution in [3.63, 3.8) is 0 Å². The standard InChI is InChI=1S/C85H165NO13/c1-3-5-7-9-11-13-15-17-19-21-23-25-27-29-31-33-34-35-36-37-38-39-41-43-45-47-49-51-53-55-57-59-61-63-65-67-69-77(90)86-73(72-96-84-82(95)80(93)83(76(71-88)98-84)99-85-81(94)79(92)78(91)75(70-87)97-85)74(89)68-66-64-62-60-58-56-54-52-50-48-46-44-42-40-32-30-28-26-24-22-20-18-16-14-12-10-8-6-4-2/h66,68,73-76,78-85,87-89,91-95H,3-65,67,69-72H2,1-2H3,(H,86,90)/b68-66+. The van der Waals surface area contributed by atoms with Crippen molar-refractivity contribution in [2.45, 2.75) is 505 Å². The Morgan fingerprint density at radius 1 is 0.354 bits per heavy atom. The van der Waals surface area contributed by atoms with Crippen molar-refractivity contribution >= 4 is 5.91 Å². The van der Waals surface area contributed by atoms with Crippen LogP contribution in [0.3, 0.4) is 0 Å². The highest BCUT2D eigenvalue weighted by atomic mass is 16.7. The summed E-state index contributed by atoms with van der Waals surface area (Å²) in [6, 6.07) is -0.913. The second kappa shape index (κ2) is 69.8. The molecule has 2 fully saturated rings. The Hall–Kier alpha value is -1.27. The lowest BCUT2D eigenvalue weighted by Gasteiger charge is -2.46. The summed E-state index contributed by atoms with van der Waals surface area (Å²) >= 11 is 0. The first-order valence-electron chi connectivity index (χ1n) is 43.4. The van der Waals surface area contributed by atoms with Gasteiger partial charge in [-0.2, -0.15) is 0 Å². The SMILES string of the molecule is CCCCCCCCCCCCCCCCCCCCCCCCCCCCC/C=C/C(O)C(COC1OC(CO)C(OC2OC(CO)C(O)C(O)C2O)C(O)C1O)NC(=O)CCCCCCCCCCCCCCCCCCCCCCCCCCCCCCCCCCCCCC. The number of rotatable bonds is 75. The van der Waals surface area contributed by atoms with E-state index in [0.717, 1.165) is 44.9 Å². The van der Waals surface area contributed by atoms with Gasteiger partial charge in [0.15, 0.2) is 12.6 Å². The summed E-state index contributed by atoms with van der Waals surface area (Å²) in [5, 5.41) is 87.8. The molecule has 0 aromatic carbocycles. The monoisotopic (exact) mass is 1410 g/mol. The van der Waals surface area contributed by atoms with Crippen LogP contribution in [0.1, 0.15) is 431 Å². The van der Waals surface area contributed by atoms with Crippen molar-refractivity contribution in [2.75, 3.05) is 19.8 Å². The van der Waals surface area contributed by atoms with Crippen molar-refractivity contribution in [1.82, 2.24) is 5.32 Å². The highest BCUT2D eigenvalue weighted by Gasteiger charge is 2.51. The fraction of sp³-hybridized carbons (Fsp3) is 0.965. The van der Waals surface area contributed by atoms with E-state index in [9.17, 15) is 45.6 Å². The zero-order chi connectivity index (χ0) is 71.5. The highest BCUT2D eigenvalue weighted by Crippen LogP contribution is 2.31. The Morgan fingerprint density at radius 2 is 0.626 bits per heavy atom. The van der Waals surface area contributed by atoms with Gasteiger partial charge in [-0.3, -0.25) is 4.79 Å². The number of aliphatic hydroxyl groups excluding tert-OH is 8. The lowest BCUT2D eigenvalue weighted by atomic mass is 9.97. The Balaban J connectivity index is 1.57. The average Bonchev–Trinajstić information content (AvgIpc) is 0.793. The Kier molecular flexibility index (Phi) is 66.1. The minimum atomic E-state index is -1.79. The number of hydrogen-bond acceptors (Lipinski definition) is 13. The maximum atomic E-state index is 13.4. The topological polar surface area (TPSA) is 228 Å². The minimum absolute atomic E-state index is 0.228. The lowest BCUT2D eigenvalue weighted by Crippen LogP contribution is -2.65. The third-order valence-corrected chi connectivity index (χ3v) is 21.7. The Morgan fingerprint density at radius 3 is 0.929 bits per heavy atom. The molecule has 2 rings (SSSR count). The van der Waals surface area contributed by atoms with E-state index in [0.29, 0.717) is 0 Å². The number of carbonyl (C=O) groups is 1. The van der Waals surface area contributed by atoms with Crippen LogP contribution >= 0.6 is 0 Å². The summed E-state index contributed by atoms with van der Waals surface area (Å²) in [6.45, 7) is 2.89. The predicted octanol–water partition coefficient (Wildman–Crippen LogP) is 20.4. The largest absolute Gasteiger partial charge is 0.394 e. The number of amides is 1. The van der Waals surface area contributed by atoms with Gasteiger partial charge in [-0.15, -0.1) is 0 Å². The van der Waals surface area contributed by atoms with Crippen molar-refractivity contribution in [3.05, 3.63) is 12.2 Å². The van der Waals surface area contributed by atoms with Crippen LogP contribution in [-0.4, -0.2) is 140 Å². The minimum Gasteiger partial charge on any atom is -0.394 e. The molecular weight excluding hydrogens is 1240 g/mol. The average molecular weight is 1410 g/mol. The molecule has 0 bridgehead atoms. The van der Waals surface area contributed by atoms with E-state index >= 15 is 0 Å². The van der Waals surface area contributed by atoms with Crippen molar-refractivity contribution < 1.29 is 64.6 Å². The van der Waals surface area contributed by atoms with Gasteiger partial charge in [0, 0.05) is 6.42 Å². The predicted molar refractivity (Wildman–Crippen MR) is 411 cm³/mol. The molecular formula is C85H165NO13. The van der Waals surface area contributed by atoms with Gasteiger partial charge in [0.2, 0.25) is 5.91 Å². The first-order chi connectivity index (χ1) is 48.6. The van der Waals surface area contributed by atoms with Gasteiger partial charge >= 0.3 is 0 Å². The number of nitrogens with one attached hydrogen (secondary N) is 1. The van der Waals surface area contributed by atoms with E-state index in [4.69, 9.17) is 18.9 Å². The molecule has 12 atom stereocenters. The van der Waals surface area contributed by atoms with Gasteiger partial charge in [-0.1, -0.05) is 418 Å². The highest BCUT2D eigenvalue weighted by molar-refractivity contribution is 5.76. The van der Waals surface area contributed by atoms with Gasteiger partial charge < -0.3 is 65.1 Å². The number of hydrogen-bond donors (Lipinski definition) is 9. The lowest BCUT2D eigenvalue weighted by molar-refractivity contribution is -0.359. The molecule has 0 spiro atoms. The van der Waals surface area contributed by atoms with Crippen LogP contribution in [-0.2, 0) is 23.7 Å². The third-order valence-electron chi connectivity index (χ3n) is 21.7. The van der Waals surface area contributed by atoms with E-state index in [2.05, 4.69) is 19.2 Å². The molecule has 99 heavy (non-hydrogen) atoms. The smallest absolute Gasteiger partial charge is 0.220 e. The molecule has 2 aliphatic heterocycles. The molecule has 0 saturated carbocycles. The molecule has 2 saturated heterocycles. The molecule has 0 aliphatic carbocycles. The van der Waals surface area contributed by atoms with Crippen LogP contribution in [0.4, 0.5) is 0 Å². The van der Waals surface area contributed by atoms with Gasteiger partial charge in [0.25, 0.3) is 0 Å². The zero-order valence-electron chi connectivity index (χ0n) is 64.8. The van der Waals surface area contributed by atoms with E-state index in [1.54, 1.807) is 6.08 Å². The van der Waals surface area contributed by atoms with E-state index in [1.165, 1.54) is 366 Å². The van der Waals surface area contributed by atoms with Crippen LogP contribution in [0.25, 0.3) is 0 Å².